The van der Waals surface area contributed by atoms with Crippen LogP contribution in [0.1, 0.15) is 25.0 Å². The zero-order valence-electron chi connectivity index (χ0n) is 17.8. The monoisotopic (exact) mass is 425 g/mol. The van der Waals surface area contributed by atoms with Gasteiger partial charge in [-0.3, -0.25) is 14.5 Å². The Hall–Kier alpha value is -2.77. The van der Waals surface area contributed by atoms with Crippen LogP contribution in [0.5, 0.6) is 0 Å². The average Bonchev–Trinajstić information content (AvgIpc) is 3.17. The molecule has 158 valence electrons. The summed E-state index contributed by atoms with van der Waals surface area (Å²) in [6.45, 7) is 8.19. The normalized spacial score (nSPS) is 12.0. The molecule has 30 heavy (non-hydrogen) atoms. The van der Waals surface area contributed by atoms with E-state index in [4.69, 9.17) is 4.98 Å². The lowest BCUT2D eigenvalue weighted by atomic mass is 10.2. The van der Waals surface area contributed by atoms with E-state index in [-0.39, 0.29) is 24.9 Å². The molecule has 1 atom stereocenters. The molecule has 0 saturated carbocycles. The van der Waals surface area contributed by atoms with Crippen LogP contribution in [0.3, 0.4) is 0 Å². The molecule has 0 aliphatic rings. The first-order valence-corrected chi connectivity index (χ1v) is 11.1. The summed E-state index contributed by atoms with van der Waals surface area (Å²) >= 11 is 1.53. The number of aryl methyl sites for hydroxylation is 1. The van der Waals surface area contributed by atoms with Crippen LogP contribution in [0, 0.1) is 6.92 Å². The van der Waals surface area contributed by atoms with Gasteiger partial charge in [-0.1, -0.05) is 53.8 Å². The largest absolute Gasteiger partial charge is 0.351 e. The number of thiazole rings is 1. The molecule has 6 nitrogen and oxygen atoms in total. The molecular weight excluding hydrogens is 396 g/mol. The van der Waals surface area contributed by atoms with E-state index in [1.165, 1.54) is 11.3 Å². The number of nitrogens with one attached hydrogen (secondary N) is 2. The Bertz CT molecular complexity index is 1000. The molecular formula is C23H29N4O2S+. The van der Waals surface area contributed by atoms with Gasteiger partial charge in [0.25, 0.3) is 11.8 Å². The van der Waals surface area contributed by atoms with Crippen molar-refractivity contribution < 1.29 is 14.5 Å². The van der Waals surface area contributed by atoms with E-state index < -0.39 is 0 Å². The summed E-state index contributed by atoms with van der Waals surface area (Å²) in [5.74, 6) is -0.0657. The van der Waals surface area contributed by atoms with Gasteiger partial charge in [-0.25, -0.2) is 4.98 Å². The number of hydrogen-bond acceptors (Lipinski definition) is 4. The molecule has 1 heterocycles. The van der Waals surface area contributed by atoms with Gasteiger partial charge in [-0.2, -0.15) is 0 Å². The predicted molar refractivity (Wildman–Crippen MR) is 122 cm³/mol. The topological polar surface area (TPSA) is 66.7 Å². The number of hydrogen-bond donors (Lipinski definition) is 2. The SMILES string of the molecule is CCNC(=O)C[NH+](CC)CC(=O)N(Cc1ccccc1)c1nc2c(C)cccc2s1. The summed E-state index contributed by atoms with van der Waals surface area (Å²) in [5, 5.41) is 3.51. The highest BCUT2D eigenvalue weighted by Crippen LogP contribution is 2.31. The van der Waals surface area contributed by atoms with E-state index >= 15 is 0 Å². The fraction of sp³-hybridized carbons (Fsp3) is 0.348. The van der Waals surface area contributed by atoms with Crippen molar-refractivity contribution in [2.45, 2.75) is 27.3 Å². The fourth-order valence-corrected chi connectivity index (χ4v) is 4.39. The minimum absolute atomic E-state index is 0.0308. The van der Waals surface area contributed by atoms with Crippen molar-refractivity contribution in [3.63, 3.8) is 0 Å². The van der Waals surface area contributed by atoms with Crippen molar-refractivity contribution in [3.8, 4) is 0 Å². The van der Waals surface area contributed by atoms with Crippen LogP contribution in [0.2, 0.25) is 0 Å². The van der Waals surface area contributed by atoms with Gasteiger partial charge in [0.2, 0.25) is 0 Å². The van der Waals surface area contributed by atoms with Crippen molar-refractivity contribution in [2.24, 2.45) is 0 Å². The highest BCUT2D eigenvalue weighted by atomic mass is 32.1. The van der Waals surface area contributed by atoms with E-state index in [1.807, 2.05) is 69.3 Å². The van der Waals surface area contributed by atoms with Crippen molar-refractivity contribution >= 4 is 38.5 Å². The number of nitrogens with zero attached hydrogens (tertiary/aromatic N) is 2. The molecule has 0 radical (unpaired) electrons. The number of quaternary nitrogens is 1. The molecule has 7 heteroatoms. The Balaban J connectivity index is 1.87. The maximum absolute atomic E-state index is 13.4. The number of carbonyl (C=O) groups excluding carboxylic acids is 2. The van der Waals surface area contributed by atoms with Gasteiger partial charge >= 0.3 is 0 Å². The first kappa shape index (κ1) is 21.9. The number of fused-ring (bicyclic) bond motifs is 1. The number of carbonyl (C=O) groups is 2. The Kier molecular flexibility index (Phi) is 7.54. The summed E-state index contributed by atoms with van der Waals surface area (Å²) in [4.78, 5) is 32.8. The van der Waals surface area contributed by atoms with Crippen molar-refractivity contribution in [1.82, 2.24) is 10.3 Å². The minimum Gasteiger partial charge on any atom is -0.351 e. The average molecular weight is 426 g/mol. The molecule has 1 aromatic heterocycles. The van der Waals surface area contributed by atoms with Crippen LogP contribution >= 0.6 is 11.3 Å². The Morgan fingerprint density at radius 1 is 1.07 bits per heavy atom. The third-order valence-electron chi connectivity index (χ3n) is 5.01. The molecule has 2 aromatic carbocycles. The van der Waals surface area contributed by atoms with Gasteiger partial charge < -0.3 is 10.2 Å². The third-order valence-corrected chi connectivity index (χ3v) is 6.05. The predicted octanol–water partition coefficient (Wildman–Crippen LogP) is 2.18. The molecule has 0 aliphatic heterocycles. The van der Waals surface area contributed by atoms with Crippen molar-refractivity contribution in [2.75, 3.05) is 31.1 Å². The third kappa shape index (κ3) is 5.43. The van der Waals surface area contributed by atoms with Crippen LogP contribution in [0.4, 0.5) is 5.13 Å². The quantitative estimate of drug-likeness (QED) is 0.552. The number of benzene rings is 2. The molecule has 0 spiro atoms. The smallest absolute Gasteiger partial charge is 0.284 e. The van der Waals surface area contributed by atoms with E-state index in [0.717, 1.165) is 26.2 Å². The molecule has 2 amide bonds. The minimum atomic E-state index is -0.0348. The Morgan fingerprint density at radius 3 is 2.50 bits per heavy atom. The maximum atomic E-state index is 13.4. The zero-order valence-corrected chi connectivity index (χ0v) is 18.6. The molecule has 0 aliphatic carbocycles. The number of para-hydroxylation sites is 1. The van der Waals surface area contributed by atoms with Gasteiger partial charge in [0.1, 0.15) is 0 Å². The highest BCUT2D eigenvalue weighted by molar-refractivity contribution is 7.22. The lowest BCUT2D eigenvalue weighted by molar-refractivity contribution is -0.881. The number of rotatable bonds is 9. The van der Waals surface area contributed by atoms with Gasteiger partial charge in [0, 0.05) is 6.54 Å². The van der Waals surface area contributed by atoms with Crippen LogP contribution in [0.25, 0.3) is 10.2 Å². The molecule has 0 saturated heterocycles. The maximum Gasteiger partial charge on any atom is 0.284 e. The standard InChI is InChI=1S/C23H28N4O2S/c1-4-24-20(28)15-26(5-2)16-21(29)27(14-18-11-7-6-8-12-18)23-25-22-17(3)10-9-13-19(22)30-23/h6-13H,4-5,14-16H2,1-3H3,(H,24,28)/p+1. The second kappa shape index (κ2) is 10.3. The van der Waals surface area contributed by atoms with Gasteiger partial charge in [-0.05, 0) is 38.0 Å². The second-order valence-corrected chi connectivity index (χ2v) is 8.30. The first-order chi connectivity index (χ1) is 14.5. The van der Waals surface area contributed by atoms with E-state index in [1.54, 1.807) is 4.90 Å². The van der Waals surface area contributed by atoms with Gasteiger partial charge in [0.05, 0.1) is 23.3 Å². The van der Waals surface area contributed by atoms with Gasteiger partial charge in [-0.15, -0.1) is 0 Å². The first-order valence-electron chi connectivity index (χ1n) is 10.3. The van der Waals surface area contributed by atoms with Crippen molar-refractivity contribution in [1.29, 1.82) is 0 Å². The molecule has 3 rings (SSSR count). The van der Waals surface area contributed by atoms with Gasteiger partial charge in [0.15, 0.2) is 18.2 Å². The van der Waals surface area contributed by atoms with Crippen LogP contribution in [0.15, 0.2) is 48.5 Å². The number of likely N-dealkylation sites (N-methyl/N-ethyl adjacent to an activating group) is 2. The van der Waals surface area contributed by atoms with E-state index in [0.29, 0.717) is 24.8 Å². The van der Waals surface area contributed by atoms with Crippen LogP contribution in [-0.2, 0) is 16.1 Å². The van der Waals surface area contributed by atoms with E-state index in [9.17, 15) is 9.59 Å². The highest BCUT2D eigenvalue weighted by Gasteiger charge is 2.25. The summed E-state index contributed by atoms with van der Waals surface area (Å²) in [6.07, 6.45) is 0. The second-order valence-electron chi connectivity index (χ2n) is 7.29. The molecule has 3 aromatic rings. The lowest BCUT2D eigenvalue weighted by Gasteiger charge is -2.23. The number of amides is 2. The van der Waals surface area contributed by atoms with Crippen LogP contribution in [-0.4, -0.2) is 43.0 Å². The number of anilines is 1. The zero-order chi connectivity index (χ0) is 21.5. The number of aromatic nitrogens is 1. The Labute approximate surface area is 181 Å². The Morgan fingerprint density at radius 2 is 1.83 bits per heavy atom. The lowest BCUT2D eigenvalue weighted by Crippen LogP contribution is -3.14. The van der Waals surface area contributed by atoms with Crippen LogP contribution < -0.4 is 15.1 Å². The van der Waals surface area contributed by atoms with Crippen molar-refractivity contribution in [3.05, 3.63) is 59.7 Å². The summed E-state index contributed by atoms with van der Waals surface area (Å²) in [5.41, 5.74) is 3.08. The summed E-state index contributed by atoms with van der Waals surface area (Å²) in [7, 11) is 0. The summed E-state index contributed by atoms with van der Waals surface area (Å²) in [6, 6.07) is 16.0. The van der Waals surface area contributed by atoms with E-state index in [2.05, 4.69) is 5.32 Å². The molecule has 0 fully saturated rings. The molecule has 2 N–H and O–H groups in total. The molecule has 1 unspecified atom stereocenters. The fourth-order valence-electron chi connectivity index (χ4n) is 3.33. The summed E-state index contributed by atoms with van der Waals surface area (Å²) < 4.78 is 1.07. The molecule has 0 bridgehead atoms.